The predicted molar refractivity (Wildman–Crippen MR) is 250 cm³/mol. The Morgan fingerprint density at radius 2 is 1.07 bits per heavy atom. The van der Waals surface area contributed by atoms with E-state index in [-0.39, 0.29) is 56.4 Å². The van der Waals surface area contributed by atoms with Crippen molar-refractivity contribution < 1.29 is 16.8 Å². The van der Waals surface area contributed by atoms with Crippen LogP contribution in [-0.4, -0.2) is 15.0 Å². The van der Waals surface area contributed by atoms with Crippen molar-refractivity contribution in [2.45, 2.75) is 0 Å². The van der Waals surface area contributed by atoms with Gasteiger partial charge in [0.05, 0.1) is 12.3 Å². The average Bonchev–Trinajstić information content (AvgIpc) is 3.98. The molecule has 12 rings (SSSR count). The van der Waals surface area contributed by atoms with Crippen LogP contribution in [0.15, 0.2) is 204 Å². The molecule has 60 heavy (non-hydrogen) atoms. The second-order valence-corrected chi connectivity index (χ2v) is 15.5. The predicted octanol–water partition coefficient (Wildman–Crippen LogP) is 15.3. The summed E-state index contributed by atoms with van der Waals surface area (Å²) in [6.07, 6.45) is 0. The number of nitrogens with zero attached hydrogens (tertiary/aromatic N) is 3. The van der Waals surface area contributed by atoms with Crippen LogP contribution in [0.1, 0.15) is 12.3 Å². The molecule has 0 spiro atoms. The molecule has 0 unspecified atom stereocenters. The van der Waals surface area contributed by atoms with Gasteiger partial charge in [-0.15, -0.1) is 11.3 Å². The first-order valence-corrected chi connectivity index (χ1v) is 20.2. The molecule has 0 N–H and O–H groups in total. The summed E-state index contributed by atoms with van der Waals surface area (Å²) in [5.41, 5.74) is 6.80. The van der Waals surface area contributed by atoms with Gasteiger partial charge in [0.1, 0.15) is 11.2 Å². The van der Waals surface area contributed by atoms with E-state index >= 15 is 0 Å². The first kappa shape index (κ1) is 26.3. The summed E-state index contributed by atoms with van der Waals surface area (Å²) < 4.78 is 87.5. The summed E-state index contributed by atoms with van der Waals surface area (Å²) in [5, 5.41) is 2.00. The van der Waals surface area contributed by atoms with Gasteiger partial charge in [0.25, 0.3) is 0 Å². The highest BCUT2D eigenvalue weighted by molar-refractivity contribution is 7.26. The lowest BCUT2D eigenvalue weighted by Gasteiger charge is -2.10. The molecule has 0 atom stereocenters. The standard InChI is InChI=1S/C55H33N3OS/c1-3-11-34(12-4-1)39-16-9-17-41(31-39)54-56-53(57-55(58-54)42-26-29-46-50(33-42)60-49-20-10-19-43(51(46)49)36-13-5-2-6-14-36)38-23-21-35(22-24-38)40-27-30-48-47(32-40)45-28-25-37-15-7-8-18-44(37)52(45)59-48/h1-33H/i7D,8D,15D,18D,25D,27D,28D,30D,32D. The number of aromatic nitrogens is 3. The highest BCUT2D eigenvalue weighted by Gasteiger charge is 2.17. The van der Waals surface area contributed by atoms with Crippen molar-refractivity contribution >= 4 is 64.2 Å². The maximum absolute atomic E-state index is 9.46. The van der Waals surface area contributed by atoms with E-state index in [1.54, 1.807) is 35.6 Å². The van der Waals surface area contributed by atoms with Crippen LogP contribution in [0.2, 0.25) is 0 Å². The van der Waals surface area contributed by atoms with Crippen molar-refractivity contribution in [3.05, 3.63) is 200 Å². The van der Waals surface area contributed by atoms with Crippen molar-refractivity contribution in [1.29, 1.82) is 0 Å². The van der Waals surface area contributed by atoms with Crippen LogP contribution >= 0.6 is 11.3 Å². The van der Waals surface area contributed by atoms with Crippen LogP contribution in [0.4, 0.5) is 0 Å². The van der Waals surface area contributed by atoms with Crippen molar-refractivity contribution in [2.24, 2.45) is 0 Å². The molecule has 3 heterocycles. The lowest BCUT2D eigenvalue weighted by molar-refractivity contribution is 0.672. The van der Waals surface area contributed by atoms with Crippen LogP contribution in [0.5, 0.6) is 0 Å². The summed E-state index contributed by atoms with van der Waals surface area (Å²) >= 11 is 1.72. The lowest BCUT2D eigenvalue weighted by Crippen LogP contribution is -2.00. The summed E-state index contributed by atoms with van der Waals surface area (Å²) in [7, 11) is 0. The van der Waals surface area contributed by atoms with Gasteiger partial charge in [-0.25, -0.2) is 15.0 Å². The van der Waals surface area contributed by atoms with Crippen LogP contribution in [0.25, 0.3) is 120 Å². The van der Waals surface area contributed by atoms with E-state index in [1.165, 1.54) is 15.6 Å². The number of rotatable bonds is 6. The molecule has 0 radical (unpaired) electrons. The largest absolute Gasteiger partial charge is 0.455 e. The fourth-order valence-electron chi connectivity index (χ4n) is 7.90. The van der Waals surface area contributed by atoms with Crippen LogP contribution in [0, 0.1) is 0 Å². The second kappa shape index (κ2) is 14.0. The van der Waals surface area contributed by atoms with Gasteiger partial charge in [0.15, 0.2) is 17.5 Å². The van der Waals surface area contributed by atoms with Gasteiger partial charge in [-0.05, 0) is 75.1 Å². The molecular weight excluding hydrogens is 751 g/mol. The Morgan fingerprint density at radius 1 is 0.417 bits per heavy atom. The van der Waals surface area contributed by atoms with Gasteiger partial charge in [0, 0.05) is 53.0 Å². The number of fused-ring (bicyclic) bond motifs is 8. The second-order valence-electron chi connectivity index (χ2n) is 14.4. The van der Waals surface area contributed by atoms with E-state index in [9.17, 15) is 1.37 Å². The van der Waals surface area contributed by atoms with E-state index in [0.717, 1.165) is 37.9 Å². The Hall–Kier alpha value is -7.73. The van der Waals surface area contributed by atoms with Crippen LogP contribution in [-0.2, 0) is 0 Å². The molecular formula is C55H33N3OS. The fourth-order valence-corrected chi connectivity index (χ4v) is 9.07. The third-order valence-electron chi connectivity index (χ3n) is 10.8. The van der Waals surface area contributed by atoms with E-state index in [1.807, 2.05) is 48.5 Å². The zero-order valence-electron chi connectivity index (χ0n) is 40.5. The van der Waals surface area contributed by atoms with E-state index < -0.39 is 36.3 Å². The number of hydrogen-bond acceptors (Lipinski definition) is 5. The third kappa shape index (κ3) is 5.86. The molecule has 0 amide bonds. The molecule has 9 aromatic carbocycles. The Labute approximate surface area is 362 Å². The highest BCUT2D eigenvalue weighted by Crippen LogP contribution is 2.42. The van der Waals surface area contributed by atoms with Crippen molar-refractivity contribution in [3.8, 4) is 67.5 Å². The van der Waals surface area contributed by atoms with Crippen LogP contribution < -0.4 is 0 Å². The van der Waals surface area contributed by atoms with Crippen molar-refractivity contribution in [3.63, 3.8) is 0 Å². The summed E-state index contributed by atoms with van der Waals surface area (Å²) in [4.78, 5) is 15.2. The van der Waals surface area contributed by atoms with E-state index in [0.29, 0.717) is 28.6 Å². The van der Waals surface area contributed by atoms with Crippen molar-refractivity contribution in [1.82, 2.24) is 15.0 Å². The number of thiophene rings is 1. The fraction of sp³-hybridized carbons (Fsp3) is 0. The molecule has 5 heteroatoms. The highest BCUT2D eigenvalue weighted by atomic mass is 32.1. The average molecular weight is 793 g/mol. The molecule has 280 valence electrons. The van der Waals surface area contributed by atoms with Gasteiger partial charge in [0.2, 0.25) is 0 Å². The minimum atomic E-state index is -0.550. The van der Waals surface area contributed by atoms with Gasteiger partial charge >= 0.3 is 0 Å². The lowest BCUT2D eigenvalue weighted by atomic mass is 9.99. The number of furan rings is 1. The molecule has 12 aromatic rings. The summed E-state index contributed by atoms with van der Waals surface area (Å²) in [6.45, 7) is 0. The molecule has 3 aromatic heterocycles. The normalized spacial score (nSPS) is 13.8. The Bertz CT molecular complexity index is 4120. The smallest absolute Gasteiger partial charge is 0.164 e. The molecule has 0 fully saturated rings. The Kier molecular flexibility index (Phi) is 6.13. The van der Waals surface area contributed by atoms with Gasteiger partial charge in [-0.1, -0.05) is 164 Å². The molecule has 0 bridgehead atoms. The van der Waals surface area contributed by atoms with Gasteiger partial charge in [-0.2, -0.15) is 0 Å². The molecule has 0 saturated heterocycles. The SMILES string of the molecule is [2H]c1c(-c2ccc(-c3nc(-c4cccc(-c5ccccc5)c4)nc(-c4ccc5c(c4)sc4cccc(-c6ccccc6)c45)n3)cc2)c([2H])c2c(oc3c4c([2H])c([2H])c([2H])c([2H])c4c([2H])c([2H])c32)c1[2H]. The molecule has 0 aliphatic rings. The third-order valence-corrected chi connectivity index (χ3v) is 11.9. The Morgan fingerprint density at radius 3 is 1.88 bits per heavy atom. The summed E-state index contributed by atoms with van der Waals surface area (Å²) in [5.74, 6) is 1.33. The van der Waals surface area contributed by atoms with E-state index in [2.05, 4.69) is 72.8 Å². The zero-order chi connectivity index (χ0) is 47.4. The molecule has 4 nitrogen and oxygen atoms in total. The minimum absolute atomic E-state index is 0.00858. The maximum atomic E-state index is 9.46. The number of hydrogen-bond donors (Lipinski definition) is 0. The quantitative estimate of drug-likeness (QED) is 0.168. The number of benzene rings is 9. The van der Waals surface area contributed by atoms with Gasteiger partial charge < -0.3 is 4.42 Å². The van der Waals surface area contributed by atoms with E-state index in [4.69, 9.17) is 30.3 Å². The monoisotopic (exact) mass is 792 g/mol. The first-order valence-electron chi connectivity index (χ1n) is 23.9. The minimum Gasteiger partial charge on any atom is -0.455 e. The molecule has 0 aliphatic heterocycles. The zero-order valence-corrected chi connectivity index (χ0v) is 32.3. The first-order chi connectivity index (χ1) is 33.5. The topological polar surface area (TPSA) is 51.8 Å². The van der Waals surface area contributed by atoms with Gasteiger partial charge in [-0.3, -0.25) is 0 Å². The van der Waals surface area contributed by atoms with Crippen molar-refractivity contribution in [2.75, 3.05) is 0 Å². The molecule has 0 saturated carbocycles. The van der Waals surface area contributed by atoms with Crippen LogP contribution in [0.3, 0.4) is 0 Å². The molecule has 0 aliphatic carbocycles. The Balaban J connectivity index is 1.00. The maximum Gasteiger partial charge on any atom is 0.164 e. The summed E-state index contributed by atoms with van der Waals surface area (Å²) in [6, 6.07) is 44.5.